The number of carbonyl (C=O) groups is 2. The normalized spacial score (nSPS) is 12.1. The van der Waals surface area contributed by atoms with Gasteiger partial charge in [-0.1, -0.05) is 41.4 Å². The summed E-state index contributed by atoms with van der Waals surface area (Å²) in [6, 6.07) is 12.2. The zero-order chi connectivity index (χ0) is 33.5. The second-order valence-corrected chi connectivity index (χ2v) is 12.8. The van der Waals surface area contributed by atoms with E-state index in [1.165, 1.54) is 26.0 Å². The molecule has 0 aliphatic rings. The molecule has 0 aliphatic heterocycles. The molecule has 1 heterocycles. The predicted octanol–water partition coefficient (Wildman–Crippen LogP) is 5.19. The van der Waals surface area contributed by atoms with Gasteiger partial charge in [0.1, 0.15) is 28.3 Å². The number of hydrogen-bond donors (Lipinski definition) is 3. The lowest BCUT2D eigenvalue weighted by Crippen LogP contribution is -2.54. The van der Waals surface area contributed by atoms with Crippen LogP contribution in [0, 0.1) is 6.92 Å². The third kappa shape index (κ3) is 10.5. The number of aromatic nitrogens is 1. The smallest absolute Gasteiger partial charge is 0.487 e. The molecule has 1 aromatic heterocycles. The highest BCUT2D eigenvalue weighted by molar-refractivity contribution is 7.89. The maximum absolute atomic E-state index is 13.3. The Kier molecular flexibility index (Phi) is 12.8. The Bertz CT molecular complexity index is 1600. The maximum Gasteiger partial charge on any atom is 0.490 e. The van der Waals surface area contributed by atoms with Gasteiger partial charge in [0.25, 0.3) is 0 Å². The van der Waals surface area contributed by atoms with Crippen LogP contribution in [0.15, 0.2) is 47.4 Å². The number of rotatable bonds is 11. The largest absolute Gasteiger partial charge is 0.490 e. The fraction of sp³-hybridized carbons (Fsp3) is 0.393. The zero-order valence-electron chi connectivity index (χ0n) is 24.6. The minimum atomic E-state index is -5.08. The molecule has 0 atom stereocenters. The quantitative estimate of drug-likeness (QED) is 0.236. The Morgan fingerprint density at radius 1 is 1.07 bits per heavy atom. The van der Waals surface area contributed by atoms with Crippen LogP contribution in [0.3, 0.4) is 0 Å². The summed E-state index contributed by atoms with van der Waals surface area (Å²) in [5.41, 5.74) is 0.409. The first-order valence-electron chi connectivity index (χ1n) is 13.0. The Labute approximate surface area is 263 Å². The molecule has 0 saturated carbocycles. The average molecular weight is 682 g/mol. The van der Waals surface area contributed by atoms with Crippen LogP contribution in [-0.4, -0.2) is 74.2 Å². The molecule has 0 fully saturated rings. The van der Waals surface area contributed by atoms with E-state index in [0.717, 1.165) is 24.0 Å². The molecule has 0 radical (unpaired) electrons. The standard InChI is InChI=1S/C26H32Cl2N4O4S.C2HF3O2/c1-17-10-11-18-8-6-9-21(24(18)30-17)36-16-19-20(27)12-13-22(23(19)28)37(34,35)31-26(2,3)25(33)29-14-7-15-32(4)5;3-2(4,5)1(6)7/h6,8-13,31H,7,14-16H2,1-5H3,(H,29,33);(H,6,7). The number of alkyl halides is 3. The fourth-order valence-corrected chi connectivity index (χ4v) is 5.92. The number of fused-ring (bicyclic) bond motifs is 1. The number of carboxylic acid groups (broad SMARTS) is 1. The molecule has 3 aromatic rings. The molecule has 44 heavy (non-hydrogen) atoms. The van der Waals surface area contributed by atoms with Crippen LogP contribution in [0.1, 0.15) is 31.5 Å². The number of halogens is 5. The van der Waals surface area contributed by atoms with E-state index in [4.69, 9.17) is 37.8 Å². The van der Waals surface area contributed by atoms with Crippen LogP contribution in [0.2, 0.25) is 10.0 Å². The number of aliphatic carboxylic acids is 1. The Hall–Kier alpha value is -3.17. The third-order valence-corrected chi connectivity index (χ3v) is 8.50. The predicted molar refractivity (Wildman–Crippen MR) is 162 cm³/mol. The number of nitrogens with one attached hydrogen (secondary N) is 2. The van der Waals surface area contributed by atoms with Crippen molar-refractivity contribution < 1.29 is 41.0 Å². The molecule has 0 aliphatic carbocycles. The van der Waals surface area contributed by atoms with Gasteiger partial charge in [-0.25, -0.2) is 18.2 Å². The van der Waals surface area contributed by atoms with Gasteiger partial charge in [-0.3, -0.25) is 4.79 Å². The van der Waals surface area contributed by atoms with Gasteiger partial charge in [-0.2, -0.15) is 17.9 Å². The van der Waals surface area contributed by atoms with Crippen LogP contribution >= 0.6 is 23.2 Å². The van der Waals surface area contributed by atoms with E-state index in [1.807, 2.05) is 50.2 Å². The van der Waals surface area contributed by atoms with Gasteiger partial charge in [0.05, 0.1) is 5.02 Å². The first-order valence-corrected chi connectivity index (χ1v) is 15.2. The topological polar surface area (TPSA) is 138 Å². The highest BCUT2D eigenvalue weighted by atomic mass is 35.5. The van der Waals surface area contributed by atoms with Gasteiger partial charge in [-0.15, -0.1) is 0 Å². The fourth-order valence-electron chi connectivity index (χ4n) is 3.66. The van der Waals surface area contributed by atoms with Crippen molar-refractivity contribution in [2.45, 2.75) is 50.4 Å². The van der Waals surface area contributed by atoms with E-state index in [9.17, 15) is 26.4 Å². The van der Waals surface area contributed by atoms with E-state index >= 15 is 0 Å². The van der Waals surface area contributed by atoms with Gasteiger partial charge in [0.15, 0.2) is 0 Å². The van der Waals surface area contributed by atoms with Gasteiger partial charge < -0.3 is 20.1 Å². The molecule has 3 rings (SSSR count). The van der Waals surface area contributed by atoms with Crippen molar-refractivity contribution in [1.29, 1.82) is 0 Å². The molecular formula is C28H33Cl2F3N4O6S. The second-order valence-electron chi connectivity index (χ2n) is 10.4. The number of amides is 1. The zero-order valence-corrected chi connectivity index (χ0v) is 26.9. The second kappa shape index (κ2) is 15.2. The van der Waals surface area contributed by atoms with Crippen molar-refractivity contribution in [3.05, 3.63) is 63.8 Å². The number of carboxylic acids is 1. The van der Waals surface area contributed by atoms with E-state index < -0.39 is 33.6 Å². The first-order chi connectivity index (χ1) is 20.3. The molecule has 242 valence electrons. The van der Waals surface area contributed by atoms with Crippen LogP contribution in [-0.2, 0) is 26.2 Å². The lowest BCUT2D eigenvalue weighted by atomic mass is 10.1. The van der Waals surface area contributed by atoms with Crippen LogP contribution < -0.4 is 14.8 Å². The Morgan fingerprint density at radius 2 is 1.70 bits per heavy atom. The van der Waals surface area contributed by atoms with Gasteiger partial charge in [0.2, 0.25) is 15.9 Å². The summed E-state index contributed by atoms with van der Waals surface area (Å²) >= 11 is 12.9. The summed E-state index contributed by atoms with van der Waals surface area (Å²) < 4.78 is 66.7. The third-order valence-electron chi connectivity index (χ3n) is 5.90. The number of ether oxygens (including phenoxy) is 1. The number of pyridine rings is 1. The molecule has 0 saturated heterocycles. The van der Waals surface area contributed by atoms with Crippen LogP contribution in [0.4, 0.5) is 13.2 Å². The lowest BCUT2D eigenvalue weighted by Gasteiger charge is -2.25. The monoisotopic (exact) mass is 680 g/mol. The number of aryl methyl sites for hydroxylation is 1. The molecule has 10 nitrogen and oxygen atoms in total. The number of hydrogen-bond acceptors (Lipinski definition) is 7. The summed E-state index contributed by atoms with van der Waals surface area (Å²) in [5, 5.41) is 11.0. The van der Waals surface area contributed by atoms with Crippen molar-refractivity contribution in [1.82, 2.24) is 19.9 Å². The van der Waals surface area contributed by atoms with E-state index in [0.29, 0.717) is 23.4 Å². The minimum absolute atomic E-state index is 0.0773. The first kappa shape index (κ1) is 37.0. The molecule has 2 aromatic carbocycles. The Balaban J connectivity index is 0.000000860. The van der Waals surface area contributed by atoms with Crippen molar-refractivity contribution in [3.63, 3.8) is 0 Å². The molecule has 0 bridgehead atoms. The molecule has 0 unspecified atom stereocenters. The SMILES string of the molecule is Cc1ccc2cccc(OCc3c(Cl)ccc(S(=O)(=O)NC(C)(C)C(=O)NCCCN(C)C)c3Cl)c2n1.O=C(O)C(F)(F)F. The summed E-state index contributed by atoms with van der Waals surface area (Å²) in [7, 11) is -0.299. The number of benzene rings is 2. The van der Waals surface area contributed by atoms with Crippen molar-refractivity contribution in [2.75, 3.05) is 27.2 Å². The van der Waals surface area contributed by atoms with Gasteiger partial charge in [0, 0.05) is 28.2 Å². The number of carbonyl (C=O) groups excluding carboxylic acids is 1. The van der Waals surface area contributed by atoms with Crippen molar-refractivity contribution in [3.8, 4) is 5.75 Å². The number of para-hydroxylation sites is 1. The Morgan fingerprint density at radius 3 is 2.30 bits per heavy atom. The molecule has 1 amide bonds. The molecule has 3 N–H and O–H groups in total. The van der Waals surface area contributed by atoms with Gasteiger partial charge in [-0.05, 0) is 72.1 Å². The van der Waals surface area contributed by atoms with Crippen LogP contribution in [0.25, 0.3) is 10.9 Å². The van der Waals surface area contributed by atoms with Crippen molar-refractivity contribution >= 4 is 56.0 Å². The van der Waals surface area contributed by atoms with E-state index in [-0.39, 0.29) is 21.5 Å². The van der Waals surface area contributed by atoms with Gasteiger partial charge >= 0.3 is 12.1 Å². The van der Waals surface area contributed by atoms with Crippen molar-refractivity contribution in [2.24, 2.45) is 0 Å². The maximum atomic E-state index is 13.3. The lowest BCUT2D eigenvalue weighted by molar-refractivity contribution is -0.192. The highest BCUT2D eigenvalue weighted by Crippen LogP contribution is 2.33. The molecule has 0 spiro atoms. The summed E-state index contributed by atoms with van der Waals surface area (Å²) in [4.78, 5) is 27.9. The molecule has 16 heteroatoms. The summed E-state index contributed by atoms with van der Waals surface area (Å²) in [6.07, 6.45) is -4.35. The number of nitrogens with zero attached hydrogens (tertiary/aromatic N) is 2. The summed E-state index contributed by atoms with van der Waals surface area (Å²) in [6.45, 7) is 6.02. The van der Waals surface area contributed by atoms with E-state index in [1.54, 1.807) is 6.07 Å². The number of sulfonamides is 1. The highest BCUT2D eigenvalue weighted by Gasteiger charge is 2.38. The average Bonchev–Trinajstić information content (AvgIpc) is 2.89. The molecular weight excluding hydrogens is 648 g/mol. The summed E-state index contributed by atoms with van der Waals surface area (Å²) in [5.74, 6) is -2.68. The minimum Gasteiger partial charge on any atom is -0.487 e. The van der Waals surface area contributed by atoms with E-state index in [2.05, 4.69) is 15.0 Å². The van der Waals surface area contributed by atoms with Crippen LogP contribution in [0.5, 0.6) is 5.75 Å².